The minimum absolute atomic E-state index is 0.438. The molecule has 1 aliphatic rings. The largest absolute Gasteiger partial charge is 0.497 e. The molecule has 4 rings (SSSR count). The molecule has 0 aliphatic heterocycles. The van der Waals surface area contributed by atoms with E-state index in [2.05, 4.69) is 0 Å². The Kier molecular flexibility index (Phi) is 3.37. The molecule has 2 N–H and O–H groups in total. The van der Waals surface area contributed by atoms with Gasteiger partial charge in [-0.2, -0.15) is 0 Å². The fraction of sp³-hybridized carbons (Fsp3) is 0.150. The fourth-order valence-electron chi connectivity index (χ4n) is 3.40. The standard InChI is InChI=1S/C20H16O4/c1-24-13-8-5-11(6-9-13)14-10-7-12-3-2-4-15-16(12)17(14)19(22)20(23)18(15)21/h2-10,19-20,22-23H,1H3/t19-,20+/m1/s1. The van der Waals surface area contributed by atoms with Gasteiger partial charge in [0, 0.05) is 5.56 Å². The molecule has 0 heterocycles. The highest BCUT2D eigenvalue weighted by atomic mass is 16.5. The molecule has 3 aromatic carbocycles. The summed E-state index contributed by atoms with van der Waals surface area (Å²) in [6.45, 7) is 0. The Bertz CT molecular complexity index is 944. The lowest BCUT2D eigenvalue weighted by atomic mass is 9.80. The maximum absolute atomic E-state index is 12.3. The second-order valence-electron chi connectivity index (χ2n) is 5.91. The minimum Gasteiger partial charge on any atom is -0.497 e. The smallest absolute Gasteiger partial charge is 0.194 e. The topological polar surface area (TPSA) is 66.8 Å². The highest BCUT2D eigenvalue weighted by Gasteiger charge is 2.36. The molecule has 1 aliphatic carbocycles. The van der Waals surface area contributed by atoms with E-state index >= 15 is 0 Å². The summed E-state index contributed by atoms with van der Waals surface area (Å²) in [4.78, 5) is 12.3. The first-order valence-electron chi connectivity index (χ1n) is 7.72. The molecule has 24 heavy (non-hydrogen) atoms. The lowest BCUT2D eigenvalue weighted by Crippen LogP contribution is -2.32. The molecule has 0 aromatic heterocycles. The number of aliphatic hydroxyl groups excluding tert-OH is 2. The Balaban J connectivity index is 2.03. The Morgan fingerprint density at radius 2 is 1.62 bits per heavy atom. The van der Waals surface area contributed by atoms with Crippen molar-refractivity contribution in [3.05, 3.63) is 65.7 Å². The summed E-state index contributed by atoms with van der Waals surface area (Å²) < 4.78 is 5.18. The van der Waals surface area contributed by atoms with Crippen LogP contribution in [-0.4, -0.2) is 29.2 Å². The molecule has 3 aromatic rings. The van der Waals surface area contributed by atoms with Gasteiger partial charge in [0.1, 0.15) is 18.0 Å². The molecule has 4 heteroatoms. The molecule has 0 fully saturated rings. The Morgan fingerprint density at radius 1 is 0.875 bits per heavy atom. The number of aliphatic hydroxyl groups is 2. The molecule has 120 valence electrons. The van der Waals surface area contributed by atoms with E-state index < -0.39 is 18.0 Å². The summed E-state index contributed by atoms with van der Waals surface area (Å²) in [6.07, 6.45) is -2.68. The van der Waals surface area contributed by atoms with E-state index in [1.165, 1.54) is 0 Å². The quantitative estimate of drug-likeness (QED) is 0.761. The zero-order valence-corrected chi connectivity index (χ0v) is 13.1. The van der Waals surface area contributed by atoms with Crippen molar-refractivity contribution in [2.45, 2.75) is 12.2 Å². The molecular weight excluding hydrogens is 304 g/mol. The van der Waals surface area contributed by atoms with Crippen molar-refractivity contribution in [2.24, 2.45) is 0 Å². The van der Waals surface area contributed by atoms with Gasteiger partial charge in [-0.25, -0.2) is 0 Å². The Labute approximate surface area is 138 Å². The number of Topliss-reactive ketones (excluding diaryl/α,β-unsaturated/α-hetero) is 1. The number of rotatable bonds is 2. The summed E-state index contributed by atoms with van der Waals surface area (Å²) in [5.74, 6) is 0.303. The molecule has 4 nitrogen and oxygen atoms in total. The van der Waals surface area contributed by atoms with E-state index in [0.29, 0.717) is 16.5 Å². The Morgan fingerprint density at radius 3 is 2.33 bits per heavy atom. The van der Waals surface area contributed by atoms with Crippen LogP contribution in [0.1, 0.15) is 22.0 Å². The zero-order valence-electron chi connectivity index (χ0n) is 13.1. The zero-order chi connectivity index (χ0) is 16.8. The fourth-order valence-corrected chi connectivity index (χ4v) is 3.40. The summed E-state index contributed by atoms with van der Waals surface area (Å²) >= 11 is 0. The third kappa shape index (κ3) is 2.04. The van der Waals surface area contributed by atoms with Crippen LogP contribution in [-0.2, 0) is 0 Å². The molecule has 0 saturated heterocycles. The van der Waals surface area contributed by atoms with E-state index in [0.717, 1.165) is 22.3 Å². The van der Waals surface area contributed by atoms with Gasteiger partial charge < -0.3 is 14.9 Å². The predicted molar refractivity (Wildman–Crippen MR) is 91.2 cm³/mol. The average molecular weight is 320 g/mol. The van der Waals surface area contributed by atoms with E-state index in [1.54, 1.807) is 19.2 Å². The summed E-state index contributed by atoms with van der Waals surface area (Å²) in [5.41, 5.74) is 2.75. The van der Waals surface area contributed by atoms with Crippen LogP contribution >= 0.6 is 0 Å². The minimum atomic E-state index is -1.44. The maximum atomic E-state index is 12.3. The maximum Gasteiger partial charge on any atom is 0.194 e. The van der Waals surface area contributed by atoms with Crippen LogP contribution in [0.25, 0.3) is 21.9 Å². The van der Waals surface area contributed by atoms with Crippen molar-refractivity contribution in [2.75, 3.05) is 7.11 Å². The highest BCUT2D eigenvalue weighted by molar-refractivity contribution is 6.15. The van der Waals surface area contributed by atoms with Crippen molar-refractivity contribution in [1.82, 2.24) is 0 Å². The molecule has 0 bridgehead atoms. The number of ether oxygens (including phenoxy) is 1. The average Bonchev–Trinajstić information content (AvgIpc) is 2.64. The third-order valence-electron chi connectivity index (χ3n) is 4.62. The SMILES string of the molecule is COc1ccc(-c2ccc3cccc4c3c2[C@@H](O)[C@@H](O)C4=O)cc1. The summed E-state index contributed by atoms with van der Waals surface area (Å²) in [5, 5.41) is 22.3. The van der Waals surface area contributed by atoms with E-state index in [9.17, 15) is 15.0 Å². The van der Waals surface area contributed by atoms with Gasteiger partial charge >= 0.3 is 0 Å². The van der Waals surface area contributed by atoms with Gasteiger partial charge in [-0.3, -0.25) is 4.79 Å². The lowest BCUT2D eigenvalue weighted by molar-refractivity contribution is 0.0195. The van der Waals surface area contributed by atoms with E-state index in [-0.39, 0.29) is 0 Å². The van der Waals surface area contributed by atoms with Crippen LogP contribution in [0.2, 0.25) is 0 Å². The number of carbonyl (C=O) groups is 1. The van der Waals surface area contributed by atoms with Gasteiger partial charge in [0.15, 0.2) is 5.78 Å². The van der Waals surface area contributed by atoms with Crippen LogP contribution < -0.4 is 4.74 Å². The molecule has 0 amide bonds. The van der Waals surface area contributed by atoms with Crippen LogP contribution in [0.3, 0.4) is 0 Å². The normalized spacial score (nSPS) is 19.5. The number of hydrogen-bond acceptors (Lipinski definition) is 4. The molecule has 0 saturated carbocycles. The monoisotopic (exact) mass is 320 g/mol. The van der Waals surface area contributed by atoms with Gasteiger partial charge in [0.2, 0.25) is 0 Å². The molecule has 0 unspecified atom stereocenters. The first kappa shape index (κ1) is 14.9. The molecular formula is C20H16O4. The van der Waals surface area contributed by atoms with Gasteiger partial charge in [-0.15, -0.1) is 0 Å². The molecule has 0 spiro atoms. The van der Waals surface area contributed by atoms with Crippen LogP contribution in [0.5, 0.6) is 5.75 Å². The summed E-state index contributed by atoms with van der Waals surface area (Å²) in [7, 11) is 1.60. The van der Waals surface area contributed by atoms with Gasteiger partial charge in [-0.05, 0) is 39.6 Å². The van der Waals surface area contributed by atoms with Crippen molar-refractivity contribution in [3.8, 4) is 16.9 Å². The van der Waals surface area contributed by atoms with Crippen molar-refractivity contribution in [1.29, 1.82) is 0 Å². The van der Waals surface area contributed by atoms with Crippen LogP contribution in [0.4, 0.5) is 0 Å². The predicted octanol–water partition coefficient (Wildman–Crippen LogP) is 3.11. The second-order valence-corrected chi connectivity index (χ2v) is 5.91. The number of ketones is 1. The second kappa shape index (κ2) is 5.44. The van der Waals surface area contributed by atoms with Crippen LogP contribution in [0, 0.1) is 0 Å². The summed E-state index contributed by atoms with van der Waals surface area (Å²) in [6, 6.07) is 16.7. The third-order valence-corrected chi connectivity index (χ3v) is 4.62. The molecule has 2 atom stereocenters. The first-order chi connectivity index (χ1) is 11.6. The van der Waals surface area contributed by atoms with Crippen molar-refractivity contribution < 1.29 is 19.7 Å². The van der Waals surface area contributed by atoms with Gasteiger partial charge in [-0.1, -0.05) is 42.5 Å². The number of hydrogen-bond donors (Lipinski definition) is 2. The highest BCUT2D eigenvalue weighted by Crippen LogP contribution is 2.41. The van der Waals surface area contributed by atoms with E-state index in [4.69, 9.17) is 4.74 Å². The lowest BCUT2D eigenvalue weighted by Gasteiger charge is -2.28. The van der Waals surface area contributed by atoms with Gasteiger partial charge in [0.05, 0.1) is 7.11 Å². The van der Waals surface area contributed by atoms with Crippen molar-refractivity contribution in [3.63, 3.8) is 0 Å². The number of methoxy groups -OCH3 is 1. The van der Waals surface area contributed by atoms with Gasteiger partial charge in [0.25, 0.3) is 0 Å². The van der Waals surface area contributed by atoms with E-state index in [1.807, 2.05) is 42.5 Å². The Hall–Kier alpha value is -2.69. The van der Waals surface area contributed by atoms with Crippen molar-refractivity contribution >= 4 is 16.6 Å². The first-order valence-corrected chi connectivity index (χ1v) is 7.72. The number of carbonyl (C=O) groups excluding carboxylic acids is 1. The number of benzene rings is 3. The molecule has 0 radical (unpaired) electrons. The van der Waals surface area contributed by atoms with Crippen LogP contribution in [0.15, 0.2) is 54.6 Å².